The maximum atomic E-state index is 6.03. The Kier molecular flexibility index (Phi) is 4.83. The van der Waals surface area contributed by atoms with Crippen molar-refractivity contribution in [2.75, 3.05) is 0 Å². The molecule has 0 saturated carbocycles. The van der Waals surface area contributed by atoms with E-state index in [2.05, 4.69) is 27.4 Å². The van der Waals surface area contributed by atoms with Crippen molar-refractivity contribution >= 4 is 11.6 Å². The van der Waals surface area contributed by atoms with Crippen molar-refractivity contribution in [1.29, 1.82) is 0 Å². The van der Waals surface area contributed by atoms with Crippen LogP contribution in [0, 0.1) is 0 Å². The van der Waals surface area contributed by atoms with Gasteiger partial charge in [-0.2, -0.15) is 0 Å². The number of rotatable bonds is 5. The molecule has 0 aliphatic rings. The first kappa shape index (κ1) is 11.0. The lowest BCUT2D eigenvalue weighted by Gasteiger charge is -2.14. The summed E-state index contributed by atoms with van der Waals surface area (Å²) in [5.41, 5.74) is 1.28. The molecule has 0 amide bonds. The van der Waals surface area contributed by atoms with Crippen LogP contribution >= 0.6 is 11.6 Å². The van der Waals surface area contributed by atoms with Crippen molar-refractivity contribution < 1.29 is 0 Å². The van der Waals surface area contributed by atoms with E-state index in [0.29, 0.717) is 0 Å². The molecule has 66 valence electrons. The predicted molar refractivity (Wildman–Crippen MR) is 53.2 cm³/mol. The van der Waals surface area contributed by atoms with E-state index in [-0.39, 0.29) is 4.87 Å². The molecule has 0 spiro atoms. The number of allylic oxidation sites excluding steroid dienone is 1. The molecule has 0 aromatic rings. The number of unbranched alkanes of at least 4 members (excludes halogenated alkanes) is 1. The fourth-order valence-corrected chi connectivity index (χ4v) is 1.11. The van der Waals surface area contributed by atoms with Gasteiger partial charge in [-0.15, -0.1) is 18.2 Å². The van der Waals surface area contributed by atoms with Crippen LogP contribution in [-0.4, -0.2) is 4.87 Å². The molecule has 0 aromatic carbocycles. The molecule has 0 aliphatic heterocycles. The Morgan fingerprint density at radius 2 is 1.91 bits per heavy atom. The van der Waals surface area contributed by atoms with Gasteiger partial charge in [0.05, 0.1) is 0 Å². The molecule has 0 bridgehead atoms. The first-order chi connectivity index (χ1) is 4.92. The van der Waals surface area contributed by atoms with E-state index < -0.39 is 0 Å². The van der Waals surface area contributed by atoms with Gasteiger partial charge in [-0.05, 0) is 40.0 Å². The van der Waals surface area contributed by atoms with Crippen LogP contribution in [0.4, 0.5) is 0 Å². The molecular weight excluding hydrogens is 156 g/mol. The molecule has 0 rings (SSSR count). The molecule has 0 nitrogen and oxygen atoms in total. The first-order valence-electron chi connectivity index (χ1n) is 4.25. The zero-order valence-corrected chi connectivity index (χ0v) is 8.67. The Hall–Kier alpha value is 0.0300. The summed E-state index contributed by atoms with van der Waals surface area (Å²) in [5, 5.41) is 0. The van der Waals surface area contributed by atoms with Crippen molar-refractivity contribution in [3.63, 3.8) is 0 Å². The largest absolute Gasteiger partial charge is 0.120 e. The highest BCUT2D eigenvalue weighted by Crippen LogP contribution is 2.21. The highest BCUT2D eigenvalue weighted by molar-refractivity contribution is 6.23. The van der Waals surface area contributed by atoms with E-state index in [1.54, 1.807) is 0 Å². The van der Waals surface area contributed by atoms with Crippen LogP contribution in [0.2, 0.25) is 0 Å². The summed E-state index contributed by atoms with van der Waals surface area (Å²) in [6, 6.07) is 0. The fraction of sp³-hybridized carbons (Fsp3) is 0.800. The standard InChI is InChI=1S/C10H19Cl/c1-9(2)7-5-6-8-10(3,4)11/h1,5-8H2,2-4H3. The minimum absolute atomic E-state index is 0.0188. The molecule has 0 atom stereocenters. The van der Waals surface area contributed by atoms with Crippen molar-refractivity contribution in [1.82, 2.24) is 0 Å². The average Bonchev–Trinajstić information content (AvgIpc) is 1.78. The molecule has 0 heterocycles. The van der Waals surface area contributed by atoms with Crippen molar-refractivity contribution in [3.05, 3.63) is 12.2 Å². The lowest BCUT2D eigenvalue weighted by molar-refractivity contribution is 0.569. The van der Waals surface area contributed by atoms with Gasteiger partial charge in [-0.3, -0.25) is 0 Å². The molecule has 0 aromatic heterocycles. The Bertz CT molecular complexity index is 119. The summed E-state index contributed by atoms with van der Waals surface area (Å²) in [4.78, 5) is -0.0188. The Labute approximate surface area is 75.6 Å². The molecule has 0 saturated heterocycles. The lowest BCUT2D eigenvalue weighted by atomic mass is 10.0. The van der Waals surface area contributed by atoms with Gasteiger partial charge in [-0.1, -0.05) is 12.0 Å². The smallest absolute Gasteiger partial charge is 0.0390 e. The highest BCUT2D eigenvalue weighted by Gasteiger charge is 2.11. The van der Waals surface area contributed by atoms with Crippen LogP contribution < -0.4 is 0 Å². The van der Waals surface area contributed by atoms with E-state index in [0.717, 1.165) is 12.8 Å². The molecule has 0 radical (unpaired) electrons. The quantitative estimate of drug-likeness (QED) is 0.334. The third-order valence-electron chi connectivity index (χ3n) is 1.62. The van der Waals surface area contributed by atoms with Crippen molar-refractivity contribution in [2.45, 2.75) is 51.3 Å². The SMILES string of the molecule is C=C(C)CCCCC(C)(C)Cl. The van der Waals surface area contributed by atoms with Gasteiger partial charge in [0.1, 0.15) is 0 Å². The number of alkyl halides is 1. The number of hydrogen-bond acceptors (Lipinski definition) is 0. The lowest BCUT2D eigenvalue weighted by Crippen LogP contribution is -2.08. The van der Waals surface area contributed by atoms with Crippen LogP contribution in [0.15, 0.2) is 12.2 Å². The van der Waals surface area contributed by atoms with Gasteiger partial charge in [0.25, 0.3) is 0 Å². The molecule has 11 heavy (non-hydrogen) atoms. The summed E-state index contributed by atoms with van der Waals surface area (Å²) in [6.07, 6.45) is 4.68. The second kappa shape index (κ2) is 4.82. The summed E-state index contributed by atoms with van der Waals surface area (Å²) in [6.45, 7) is 10.1. The average molecular weight is 175 g/mol. The van der Waals surface area contributed by atoms with Gasteiger partial charge in [-0.25, -0.2) is 0 Å². The second-order valence-corrected chi connectivity index (χ2v) is 4.91. The third-order valence-corrected chi connectivity index (χ3v) is 1.81. The summed E-state index contributed by atoms with van der Waals surface area (Å²) in [5.74, 6) is 0. The van der Waals surface area contributed by atoms with Crippen LogP contribution in [0.1, 0.15) is 46.5 Å². The molecule has 0 unspecified atom stereocenters. The van der Waals surface area contributed by atoms with Crippen molar-refractivity contribution in [2.24, 2.45) is 0 Å². The Balaban J connectivity index is 3.22. The number of hydrogen-bond donors (Lipinski definition) is 0. The molecule has 0 aliphatic carbocycles. The Morgan fingerprint density at radius 1 is 1.36 bits per heavy atom. The zero-order valence-electron chi connectivity index (χ0n) is 7.91. The molecule has 0 N–H and O–H groups in total. The van der Waals surface area contributed by atoms with E-state index in [9.17, 15) is 0 Å². The van der Waals surface area contributed by atoms with Gasteiger partial charge < -0.3 is 0 Å². The van der Waals surface area contributed by atoms with Gasteiger partial charge in [0, 0.05) is 4.87 Å². The predicted octanol–water partition coefficient (Wildman–Crippen LogP) is 4.14. The number of halogens is 1. The maximum Gasteiger partial charge on any atom is 0.0390 e. The van der Waals surface area contributed by atoms with E-state index in [1.165, 1.54) is 18.4 Å². The van der Waals surface area contributed by atoms with Crippen LogP contribution in [0.5, 0.6) is 0 Å². The minimum atomic E-state index is -0.0188. The maximum absolute atomic E-state index is 6.03. The summed E-state index contributed by atoms with van der Waals surface area (Å²) in [7, 11) is 0. The van der Waals surface area contributed by atoms with Gasteiger partial charge >= 0.3 is 0 Å². The van der Waals surface area contributed by atoms with Crippen LogP contribution in [0.25, 0.3) is 0 Å². The second-order valence-electron chi connectivity index (χ2n) is 3.88. The summed E-state index contributed by atoms with van der Waals surface area (Å²) >= 11 is 6.03. The van der Waals surface area contributed by atoms with Gasteiger partial charge in [0.2, 0.25) is 0 Å². The Morgan fingerprint density at radius 3 is 2.27 bits per heavy atom. The van der Waals surface area contributed by atoms with E-state index in [1.807, 2.05) is 0 Å². The molecule has 1 heteroatoms. The minimum Gasteiger partial charge on any atom is -0.120 e. The topological polar surface area (TPSA) is 0 Å². The molecular formula is C10H19Cl. The van der Waals surface area contributed by atoms with E-state index >= 15 is 0 Å². The normalized spacial score (nSPS) is 11.6. The van der Waals surface area contributed by atoms with E-state index in [4.69, 9.17) is 11.6 Å². The summed E-state index contributed by atoms with van der Waals surface area (Å²) < 4.78 is 0. The monoisotopic (exact) mass is 174 g/mol. The van der Waals surface area contributed by atoms with Gasteiger partial charge in [0.15, 0.2) is 0 Å². The van der Waals surface area contributed by atoms with Crippen LogP contribution in [0.3, 0.4) is 0 Å². The molecule has 0 fully saturated rings. The zero-order chi connectivity index (χ0) is 8.91. The van der Waals surface area contributed by atoms with Crippen LogP contribution in [-0.2, 0) is 0 Å². The highest BCUT2D eigenvalue weighted by atomic mass is 35.5. The first-order valence-corrected chi connectivity index (χ1v) is 4.63. The van der Waals surface area contributed by atoms with Crippen molar-refractivity contribution in [3.8, 4) is 0 Å². The fourth-order valence-electron chi connectivity index (χ4n) is 0.972. The third kappa shape index (κ3) is 10.0.